The van der Waals surface area contributed by atoms with Gasteiger partial charge in [0.2, 0.25) is 0 Å². The maximum atomic E-state index is 10.3. The van der Waals surface area contributed by atoms with Gasteiger partial charge >= 0.3 is 6.03 Å². The molecule has 0 aromatic heterocycles. The smallest absolute Gasteiger partial charge is 0.312 e. The number of carbonyl (C=O) groups is 1. The molecular weight excluding hydrogens is 148 g/mol. The van der Waals surface area contributed by atoms with E-state index < -0.39 is 6.03 Å². The molecule has 0 aromatic rings. The minimum absolute atomic E-state index is 0.0211. The van der Waals surface area contributed by atoms with Gasteiger partial charge in [-0.3, -0.25) is 0 Å². The predicted molar refractivity (Wildman–Crippen MR) is 37.9 cm³/mol. The van der Waals surface area contributed by atoms with Crippen LogP contribution in [0, 0.1) is 5.41 Å². The highest BCUT2D eigenvalue weighted by Crippen LogP contribution is 2.25. The topological polar surface area (TPSA) is 84.6 Å². The summed E-state index contributed by atoms with van der Waals surface area (Å²) in [6.07, 6.45) is 0. The minimum Gasteiger partial charge on any atom is -0.396 e. The van der Waals surface area contributed by atoms with Crippen molar-refractivity contribution in [3.8, 4) is 0 Å². The fraction of sp³-hybridized carbons (Fsp3) is 0.833. The van der Waals surface area contributed by atoms with Crippen LogP contribution in [0.1, 0.15) is 0 Å². The molecule has 5 heteroatoms. The zero-order chi connectivity index (χ0) is 8.32. The zero-order valence-electron chi connectivity index (χ0n) is 6.17. The highest BCUT2D eigenvalue weighted by molar-refractivity contribution is 5.71. The molecule has 1 fully saturated rings. The van der Waals surface area contributed by atoms with E-state index in [0.29, 0.717) is 19.8 Å². The van der Waals surface area contributed by atoms with Crippen LogP contribution in [0.25, 0.3) is 0 Å². The fourth-order valence-corrected chi connectivity index (χ4v) is 0.915. The van der Waals surface area contributed by atoms with Crippen LogP contribution in [-0.2, 0) is 4.74 Å². The molecule has 0 radical (unpaired) electrons. The number of aliphatic hydroxyl groups excluding tert-OH is 1. The standard InChI is InChI=1S/C6H12N2O3/c7-5(10)8-1-6(2-9)3-11-4-6/h9H,1-4H2,(H3,7,8,10). The van der Waals surface area contributed by atoms with Crippen LogP contribution in [0.2, 0.25) is 0 Å². The second kappa shape index (κ2) is 3.06. The van der Waals surface area contributed by atoms with Crippen LogP contribution < -0.4 is 11.1 Å². The molecule has 5 nitrogen and oxygen atoms in total. The van der Waals surface area contributed by atoms with Gasteiger partial charge in [0.05, 0.1) is 25.2 Å². The Balaban J connectivity index is 2.27. The van der Waals surface area contributed by atoms with Crippen LogP contribution in [0.5, 0.6) is 0 Å². The summed E-state index contributed by atoms with van der Waals surface area (Å²) in [7, 11) is 0. The summed E-state index contributed by atoms with van der Waals surface area (Å²) in [5.74, 6) is 0. The summed E-state index contributed by atoms with van der Waals surface area (Å²) in [6.45, 7) is 1.39. The molecule has 2 amide bonds. The molecule has 1 aliphatic rings. The summed E-state index contributed by atoms with van der Waals surface area (Å²) < 4.78 is 4.91. The largest absolute Gasteiger partial charge is 0.396 e. The molecule has 0 aliphatic carbocycles. The van der Waals surface area contributed by atoms with Gasteiger partial charge in [0.1, 0.15) is 0 Å². The van der Waals surface area contributed by atoms with Crippen molar-refractivity contribution in [1.29, 1.82) is 0 Å². The van der Waals surface area contributed by atoms with Gasteiger partial charge in [0.25, 0.3) is 0 Å². The van der Waals surface area contributed by atoms with Crippen molar-refractivity contribution in [2.24, 2.45) is 11.1 Å². The van der Waals surface area contributed by atoms with Crippen molar-refractivity contribution in [2.45, 2.75) is 0 Å². The number of hydrogen-bond acceptors (Lipinski definition) is 3. The van der Waals surface area contributed by atoms with Crippen LogP contribution in [0.4, 0.5) is 4.79 Å². The molecule has 0 unspecified atom stereocenters. The molecule has 4 N–H and O–H groups in total. The maximum absolute atomic E-state index is 10.3. The van der Waals surface area contributed by atoms with E-state index in [1.165, 1.54) is 0 Å². The Morgan fingerprint density at radius 3 is 2.64 bits per heavy atom. The van der Waals surface area contributed by atoms with Gasteiger partial charge in [-0.25, -0.2) is 4.79 Å². The Morgan fingerprint density at radius 2 is 2.36 bits per heavy atom. The second-order valence-electron chi connectivity index (χ2n) is 2.87. The number of nitrogens with two attached hydrogens (primary N) is 1. The average Bonchev–Trinajstić information content (AvgIpc) is 1.86. The van der Waals surface area contributed by atoms with E-state index >= 15 is 0 Å². The summed E-state index contributed by atoms with van der Waals surface area (Å²) in [4.78, 5) is 10.3. The van der Waals surface area contributed by atoms with Crippen LogP contribution in [-0.4, -0.2) is 37.5 Å². The first-order valence-corrected chi connectivity index (χ1v) is 3.40. The third kappa shape index (κ3) is 1.81. The number of carbonyl (C=O) groups excluding carboxylic acids is 1. The molecular formula is C6H12N2O3. The van der Waals surface area contributed by atoms with Gasteiger partial charge in [0, 0.05) is 6.54 Å². The van der Waals surface area contributed by atoms with E-state index in [0.717, 1.165) is 0 Å². The normalized spacial score (nSPS) is 20.5. The first-order valence-electron chi connectivity index (χ1n) is 3.40. The van der Waals surface area contributed by atoms with E-state index in [1.54, 1.807) is 0 Å². The monoisotopic (exact) mass is 160 g/mol. The van der Waals surface area contributed by atoms with Gasteiger partial charge in [-0.2, -0.15) is 0 Å². The van der Waals surface area contributed by atoms with Crippen molar-refractivity contribution in [1.82, 2.24) is 5.32 Å². The third-order valence-corrected chi connectivity index (χ3v) is 1.79. The molecule has 0 saturated carbocycles. The number of primary amides is 1. The van der Waals surface area contributed by atoms with Crippen molar-refractivity contribution >= 4 is 6.03 Å². The highest BCUT2D eigenvalue weighted by atomic mass is 16.5. The Hall–Kier alpha value is -0.810. The number of nitrogens with one attached hydrogen (secondary N) is 1. The first-order chi connectivity index (χ1) is 5.18. The highest BCUT2D eigenvalue weighted by Gasteiger charge is 2.38. The lowest BCUT2D eigenvalue weighted by Crippen LogP contribution is -2.53. The van der Waals surface area contributed by atoms with Crippen LogP contribution in [0.15, 0.2) is 0 Å². The Morgan fingerprint density at radius 1 is 1.73 bits per heavy atom. The Bertz CT molecular complexity index is 150. The molecule has 0 aromatic carbocycles. The molecule has 1 heterocycles. The van der Waals surface area contributed by atoms with Crippen molar-refractivity contribution < 1.29 is 14.6 Å². The SMILES string of the molecule is NC(=O)NCC1(CO)COC1. The zero-order valence-corrected chi connectivity index (χ0v) is 6.17. The fourth-order valence-electron chi connectivity index (χ4n) is 0.915. The third-order valence-electron chi connectivity index (χ3n) is 1.79. The van der Waals surface area contributed by atoms with Gasteiger partial charge in [-0.05, 0) is 0 Å². The predicted octanol–water partition coefficient (Wildman–Crippen LogP) is -1.34. The van der Waals surface area contributed by atoms with Crippen LogP contribution in [0.3, 0.4) is 0 Å². The lowest BCUT2D eigenvalue weighted by Gasteiger charge is -2.39. The minimum atomic E-state index is -0.565. The van der Waals surface area contributed by atoms with Crippen molar-refractivity contribution in [3.05, 3.63) is 0 Å². The Kier molecular flexibility index (Phi) is 2.31. The van der Waals surface area contributed by atoms with Crippen molar-refractivity contribution in [2.75, 3.05) is 26.4 Å². The molecule has 1 saturated heterocycles. The van der Waals surface area contributed by atoms with E-state index in [9.17, 15) is 4.79 Å². The van der Waals surface area contributed by atoms with Crippen LogP contribution >= 0.6 is 0 Å². The Labute approximate surface area is 64.5 Å². The summed E-state index contributed by atoms with van der Waals surface area (Å²) in [5.41, 5.74) is 4.58. The molecule has 0 spiro atoms. The van der Waals surface area contributed by atoms with E-state index in [4.69, 9.17) is 15.6 Å². The summed E-state index contributed by atoms with van der Waals surface area (Å²) >= 11 is 0. The number of amides is 2. The second-order valence-corrected chi connectivity index (χ2v) is 2.87. The number of aliphatic hydroxyl groups is 1. The molecule has 0 bridgehead atoms. The average molecular weight is 160 g/mol. The number of rotatable bonds is 3. The van der Waals surface area contributed by atoms with Gasteiger partial charge in [0.15, 0.2) is 0 Å². The van der Waals surface area contributed by atoms with Gasteiger partial charge in [-0.1, -0.05) is 0 Å². The quantitative estimate of drug-likeness (QED) is 0.478. The number of urea groups is 1. The van der Waals surface area contributed by atoms with E-state index in [2.05, 4.69) is 5.32 Å². The molecule has 0 atom stereocenters. The lowest BCUT2D eigenvalue weighted by atomic mass is 9.87. The molecule has 11 heavy (non-hydrogen) atoms. The lowest BCUT2D eigenvalue weighted by molar-refractivity contribution is -0.132. The molecule has 1 aliphatic heterocycles. The van der Waals surface area contributed by atoms with E-state index in [-0.39, 0.29) is 12.0 Å². The maximum Gasteiger partial charge on any atom is 0.312 e. The molecule has 1 rings (SSSR count). The molecule has 64 valence electrons. The first kappa shape index (κ1) is 8.29. The van der Waals surface area contributed by atoms with Crippen molar-refractivity contribution in [3.63, 3.8) is 0 Å². The van der Waals surface area contributed by atoms with Gasteiger partial charge < -0.3 is 20.9 Å². The van der Waals surface area contributed by atoms with Gasteiger partial charge in [-0.15, -0.1) is 0 Å². The summed E-state index contributed by atoms with van der Waals surface area (Å²) in [6, 6.07) is -0.565. The summed E-state index contributed by atoms with van der Waals surface area (Å²) in [5, 5.41) is 11.3. The van der Waals surface area contributed by atoms with E-state index in [1.807, 2.05) is 0 Å². The number of ether oxygens (including phenoxy) is 1. The number of hydrogen-bond donors (Lipinski definition) is 3.